The van der Waals surface area contributed by atoms with Crippen molar-refractivity contribution in [1.82, 2.24) is 4.72 Å². The molecule has 0 aliphatic rings. The molecule has 0 saturated heterocycles. The monoisotopic (exact) mass is 265 g/mol. The second-order valence-electron chi connectivity index (χ2n) is 4.12. The highest BCUT2D eigenvalue weighted by Crippen LogP contribution is 2.05. The number of sulfonamides is 1. The molecule has 0 aliphatic heterocycles. The third-order valence-corrected chi connectivity index (χ3v) is 3.90. The number of carboxylic acids is 1. The summed E-state index contributed by atoms with van der Waals surface area (Å²) in [6, 6.07) is 0. The van der Waals surface area contributed by atoms with Gasteiger partial charge in [-0.3, -0.25) is 4.79 Å². The van der Waals surface area contributed by atoms with E-state index in [1.54, 1.807) is 0 Å². The van der Waals surface area contributed by atoms with Gasteiger partial charge < -0.3 is 5.11 Å². The Morgan fingerprint density at radius 1 is 1.12 bits per heavy atom. The quantitative estimate of drug-likeness (QED) is 0.557. The SMILES string of the molecule is CCCCCCCCS(=O)(=O)NCCC(=O)O. The van der Waals surface area contributed by atoms with Crippen LogP contribution in [0.4, 0.5) is 0 Å². The van der Waals surface area contributed by atoms with Crippen molar-refractivity contribution in [2.24, 2.45) is 0 Å². The highest BCUT2D eigenvalue weighted by atomic mass is 32.2. The number of carbonyl (C=O) groups is 1. The maximum atomic E-state index is 11.4. The molecule has 0 aromatic carbocycles. The minimum atomic E-state index is -3.28. The maximum Gasteiger partial charge on any atom is 0.304 e. The van der Waals surface area contributed by atoms with Crippen molar-refractivity contribution in [2.45, 2.75) is 51.9 Å². The van der Waals surface area contributed by atoms with Gasteiger partial charge in [0.1, 0.15) is 0 Å². The largest absolute Gasteiger partial charge is 0.481 e. The van der Waals surface area contributed by atoms with Crippen LogP contribution in [0.5, 0.6) is 0 Å². The summed E-state index contributed by atoms with van der Waals surface area (Å²) in [6.45, 7) is 2.12. The van der Waals surface area contributed by atoms with Gasteiger partial charge in [0.05, 0.1) is 12.2 Å². The summed E-state index contributed by atoms with van der Waals surface area (Å²) in [5, 5.41) is 8.37. The number of hydrogen-bond acceptors (Lipinski definition) is 3. The molecule has 0 bridgehead atoms. The Balaban J connectivity index is 3.54. The Morgan fingerprint density at radius 2 is 1.71 bits per heavy atom. The number of nitrogens with one attached hydrogen (secondary N) is 1. The van der Waals surface area contributed by atoms with Crippen LogP contribution in [0.15, 0.2) is 0 Å². The Morgan fingerprint density at radius 3 is 2.29 bits per heavy atom. The fourth-order valence-corrected chi connectivity index (χ4v) is 2.60. The van der Waals surface area contributed by atoms with Gasteiger partial charge in [0, 0.05) is 6.54 Å². The molecule has 0 amide bonds. The van der Waals surface area contributed by atoms with Crippen molar-refractivity contribution in [1.29, 1.82) is 0 Å². The lowest BCUT2D eigenvalue weighted by atomic mass is 10.1. The number of unbranched alkanes of at least 4 members (excludes halogenated alkanes) is 5. The van der Waals surface area contributed by atoms with Crippen LogP contribution in [0, 0.1) is 0 Å². The summed E-state index contributed by atoms with van der Waals surface area (Å²) >= 11 is 0. The van der Waals surface area contributed by atoms with E-state index in [0.717, 1.165) is 19.3 Å². The maximum absolute atomic E-state index is 11.4. The van der Waals surface area contributed by atoms with Gasteiger partial charge in [-0.05, 0) is 6.42 Å². The van der Waals surface area contributed by atoms with E-state index in [-0.39, 0.29) is 18.7 Å². The molecule has 0 aromatic heterocycles. The predicted molar refractivity (Wildman–Crippen MR) is 67.4 cm³/mol. The van der Waals surface area contributed by atoms with E-state index in [4.69, 9.17) is 5.11 Å². The first-order valence-electron chi connectivity index (χ1n) is 6.17. The zero-order valence-electron chi connectivity index (χ0n) is 10.4. The topological polar surface area (TPSA) is 83.5 Å². The smallest absolute Gasteiger partial charge is 0.304 e. The van der Waals surface area contributed by atoms with Crippen molar-refractivity contribution in [3.8, 4) is 0 Å². The Kier molecular flexibility index (Phi) is 9.07. The van der Waals surface area contributed by atoms with Crippen LogP contribution < -0.4 is 4.72 Å². The molecule has 5 nitrogen and oxygen atoms in total. The van der Waals surface area contributed by atoms with Crippen LogP contribution in [-0.4, -0.2) is 31.8 Å². The second kappa shape index (κ2) is 9.41. The van der Waals surface area contributed by atoms with Gasteiger partial charge in [0.15, 0.2) is 0 Å². The Bertz CT molecular complexity index is 301. The number of aliphatic carboxylic acids is 1. The van der Waals surface area contributed by atoms with Gasteiger partial charge in [-0.15, -0.1) is 0 Å². The van der Waals surface area contributed by atoms with E-state index < -0.39 is 16.0 Å². The zero-order chi connectivity index (χ0) is 13.1. The molecular formula is C11H23NO4S. The van der Waals surface area contributed by atoms with Crippen molar-refractivity contribution >= 4 is 16.0 Å². The molecule has 0 atom stereocenters. The van der Waals surface area contributed by atoms with Crippen LogP contribution >= 0.6 is 0 Å². The molecule has 0 rings (SSSR count). The predicted octanol–water partition coefficient (Wildman–Crippen LogP) is 1.74. The van der Waals surface area contributed by atoms with E-state index in [0.29, 0.717) is 6.42 Å². The van der Waals surface area contributed by atoms with E-state index in [1.165, 1.54) is 12.8 Å². The molecule has 102 valence electrons. The molecule has 6 heteroatoms. The Hall–Kier alpha value is -0.620. The molecule has 0 unspecified atom stereocenters. The van der Waals surface area contributed by atoms with Crippen molar-refractivity contribution < 1.29 is 18.3 Å². The lowest BCUT2D eigenvalue weighted by Crippen LogP contribution is -2.28. The van der Waals surface area contributed by atoms with E-state index in [9.17, 15) is 13.2 Å². The van der Waals surface area contributed by atoms with Crippen LogP contribution in [0.2, 0.25) is 0 Å². The summed E-state index contributed by atoms with van der Waals surface area (Å²) in [6.07, 6.45) is 5.99. The van der Waals surface area contributed by atoms with Crippen molar-refractivity contribution in [3.05, 3.63) is 0 Å². The Labute approximate surface area is 104 Å². The summed E-state index contributed by atoms with van der Waals surface area (Å²) in [4.78, 5) is 10.2. The first-order valence-corrected chi connectivity index (χ1v) is 7.82. The summed E-state index contributed by atoms with van der Waals surface area (Å²) in [5.74, 6) is -0.897. The minimum absolute atomic E-state index is 0.0203. The number of hydrogen-bond donors (Lipinski definition) is 2. The average molecular weight is 265 g/mol. The summed E-state index contributed by atoms with van der Waals surface area (Å²) in [5.41, 5.74) is 0. The molecule has 0 radical (unpaired) electrons. The molecule has 0 aliphatic carbocycles. The van der Waals surface area contributed by atoms with Crippen LogP contribution in [0.3, 0.4) is 0 Å². The molecule has 0 spiro atoms. The van der Waals surface area contributed by atoms with Gasteiger partial charge in [0.25, 0.3) is 0 Å². The number of rotatable bonds is 11. The highest BCUT2D eigenvalue weighted by Gasteiger charge is 2.09. The first-order chi connectivity index (χ1) is 7.98. The lowest BCUT2D eigenvalue weighted by molar-refractivity contribution is -0.136. The standard InChI is InChI=1S/C11H23NO4S/c1-2-3-4-5-6-7-10-17(15,16)12-9-8-11(13)14/h12H,2-10H2,1H3,(H,13,14). The third kappa shape index (κ3) is 11.6. The van der Waals surface area contributed by atoms with Crippen molar-refractivity contribution in [2.75, 3.05) is 12.3 Å². The lowest BCUT2D eigenvalue weighted by Gasteiger charge is -2.05. The molecule has 0 aromatic rings. The average Bonchev–Trinajstić information content (AvgIpc) is 2.22. The van der Waals surface area contributed by atoms with Crippen LogP contribution in [0.1, 0.15) is 51.9 Å². The molecule has 17 heavy (non-hydrogen) atoms. The van der Waals surface area contributed by atoms with Crippen molar-refractivity contribution in [3.63, 3.8) is 0 Å². The fourth-order valence-electron chi connectivity index (χ4n) is 1.46. The highest BCUT2D eigenvalue weighted by molar-refractivity contribution is 7.89. The van der Waals surface area contributed by atoms with Gasteiger partial charge in [0.2, 0.25) is 10.0 Å². The minimum Gasteiger partial charge on any atom is -0.481 e. The first kappa shape index (κ1) is 16.4. The van der Waals surface area contributed by atoms with Gasteiger partial charge in [-0.25, -0.2) is 13.1 Å². The van der Waals surface area contributed by atoms with Gasteiger partial charge in [-0.2, -0.15) is 0 Å². The van der Waals surface area contributed by atoms with Crippen LogP contribution in [0.25, 0.3) is 0 Å². The summed E-state index contributed by atoms with van der Waals surface area (Å²) < 4.78 is 25.1. The fraction of sp³-hybridized carbons (Fsp3) is 0.909. The third-order valence-electron chi connectivity index (χ3n) is 2.43. The molecular weight excluding hydrogens is 242 g/mol. The molecule has 0 fully saturated rings. The van der Waals surface area contributed by atoms with Gasteiger partial charge >= 0.3 is 5.97 Å². The molecule has 0 heterocycles. The second-order valence-corrected chi connectivity index (χ2v) is 6.05. The molecule has 0 saturated carbocycles. The van der Waals surface area contributed by atoms with Crippen LogP contribution in [-0.2, 0) is 14.8 Å². The van der Waals surface area contributed by atoms with E-state index in [1.807, 2.05) is 0 Å². The van der Waals surface area contributed by atoms with Gasteiger partial charge in [-0.1, -0.05) is 39.0 Å². The van der Waals surface area contributed by atoms with E-state index >= 15 is 0 Å². The number of carboxylic acid groups (broad SMARTS) is 1. The zero-order valence-corrected chi connectivity index (χ0v) is 11.3. The van der Waals surface area contributed by atoms with E-state index in [2.05, 4.69) is 11.6 Å². The molecule has 2 N–H and O–H groups in total. The summed E-state index contributed by atoms with van der Waals surface area (Å²) in [7, 11) is -3.28. The normalized spacial score (nSPS) is 11.6.